The number of nitrogens with zero attached hydrogens (tertiary/aromatic N) is 2. The van der Waals surface area contributed by atoms with Gasteiger partial charge in [-0.25, -0.2) is 0 Å². The lowest BCUT2D eigenvalue weighted by Gasteiger charge is -2.64. The molecular formula is C34H52N2O2. The van der Waals surface area contributed by atoms with E-state index in [2.05, 4.69) is 113 Å². The minimum Gasteiger partial charge on any atom is -0.379 e. The lowest BCUT2D eigenvalue weighted by atomic mass is 9.74. The number of morpholine rings is 2. The molecule has 2 aliphatic heterocycles. The van der Waals surface area contributed by atoms with Crippen molar-refractivity contribution in [2.24, 2.45) is 5.92 Å². The van der Waals surface area contributed by atoms with Gasteiger partial charge in [-0.3, -0.25) is 9.80 Å². The minimum absolute atomic E-state index is 0.185. The smallest absolute Gasteiger partial charge is 0.130 e. The molecule has 0 bridgehead atoms. The number of unbranched alkanes of at least 4 members (excludes halogenated alkanes) is 1. The maximum atomic E-state index is 7.05. The zero-order valence-electron chi connectivity index (χ0n) is 25.1. The molecule has 2 aromatic rings. The van der Waals surface area contributed by atoms with Gasteiger partial charge in [0, 0.05) is 26.2 Å². The third kappa shape index (κ3) is 6.04. The van der Waals surface area contributed by atoms with Gasteiger partial charge in [0.2, 0.25) is 0 Å². The Kier molecular flexibility index (Phi) is 9.40. The number of hydrogen-bond acceptors (Lipinski definition) is 4. The van der Waals surface area contributed by atoms with Crippen LogP contribution in [0.3, 0.4) is 0 Å². The molecule has 38 heavy (non-hydrogen) atoms. The van der Waals surface area contributed by atoms with Crippen LogP contribution < -0.4 is 0 Å². The van der Waals surface area contributed by atoms with E-state index in [4.69, 9.17) is 9.47 Å². The molecule has 2 aromatic carbocycles. The summed E-state index contributed by atoms with van der Waals surface area (Å²) in [5.41, 5.74) is 3.71. The van der Waals surface area contributed by atoms with Crippen molar-refractivity contribution >= 4 is 0 Å². The highest BCUT2D eigenvalue weighted by Gasteiger charge is 2.60. The molecule has 2 saturated heterocycles. The van der Waals surface area contributed by atoms with Gasteiger partial charge < -0.3 is 9.47 Å². The monoisotopic (exact) mass is 520 g/mol. The Bertz CT molecular complexity index is 995. The molecule has 4 heteroatoms. The lowest BCUT2D eigenvalue weighted by Crippen LogP contribution is -2.76. The van der Waals surface area contributed by atoms with Crippen LogP contribution in [0.15, 0.2) is 54.6 Å². The first-order chi connectivity index (χ1) is 18.1. The first-order valence-corrected chi connectivity index (χ1v) is 15.0. The quantitative estimate of drug-likeness (QED) is 0.355. The first-order valence-electron chi connectivity index (χ1n) is 15.0. The normalized spacial score (nSPS) is 28.3. The van der Waals surface area contributed by atoms with Crippen molar-refractivity contribution in [3.8, 4) is 0 Å². The van der Waals surface area contributed by atoms with E-state index >= 15 is 0 Å². The maximum Gasteiger partial charge on any atom is 0.130 e. The van der Waals surface area contributed by atoms with Crippen LogP contribution >= 0.6 is 0 Å². The van der Waals surface area contributed by atoms with E-state index in [1.807, 2.05) is 0 Å². The summed E-state index contributed by atoms with van der Waals surface area (Å²) >= 11 is 0. The molecule has 210 valence electrons. The van der Waals surface area contributed by atoms with Crippen molar-refractivity contribution in [2.45, 2.75) is 96.9 Å². The second kappa shape index (κ2) is 12.2. The van der Waals surface area contributed by atoms with Crippen LogP contribution in [-0.2, 0) is 27.0 Å². The Morgan fingerprint density at radius 1 is 1.00 bits per heavy atom. The van der Waals surface area contributed by atoms with Crippen LogP contribution in [0.25, 0.3) is 0 Å². The minimum atomic E-state index is -0.329. The van der Waals surface area contributed by atoms with Crippen LogP contribution in [0.5, 0.6) is 0 Å². The molecule has 4 rings (SSSR count). The molecule has 0 aromatic heterocycles. The summed E-state index contributed by atoms with van der Waals surface area (Å²) in [4.78, 5) is 5.49. The molecule has 0 saturated carbocycles. The standard InChI is InChI=1S/C34H52N2O2/c1-8-9-19-33(7)34(31-13-11-10-12-14-31,35-20-22-37-23-21-35)36(26-28(3)38-33)25-27(2)24-29-15-17-30(18-16-29)32(4,5)6/h10-18,27-28H,8-9,19-26H2,1-7H3/t27?,28-,33+,34?/m0/s1. The number of rotatable bonds is 9. The third-order valence-corrected chi connectivity index (χ3v) is 8.72. The fourth-order valence-corrected chi connectivity index (χ4v) is 7.04. The molecule has 4 nitrogen and oxygen atoms in total. The molecule has 0 radical (unpaired) electrons. The highest BCUT2D eigenvalue weighted by Crippen LogP contribution is 2.50. The summed E-state index contributed by atoms with van der Waals surface area (Å²) in [5.74, 6) is 0.514. The second-order valence-corrected chi connectivity index (χ2v) is 13.1. The van der Waals surface area contributed by atoms with E-state index in [0.717, 1.165) is 58.7 Å². The summed E-state index contributed by atoms with van der Waals surface area (Å²) < 4.78 is 12.9. The van der Waals surface area contributed by atoms with Crippen molar-refractivity contribution in [3.05, 3.63) is 71.3 Å². The molecule has 0 N–H and O–H groups in total. The molecule has 2 unspecified atom stereocenters. The van der Waals surface area contributed by atoms with E-state index in [0.29, 0.717) is 5.92 Å². The van der Waals surface area contributed by atoms with E-state index in [-0.39, 0.29) is 22.8 Å². The second-order valence-electron chi connectivity index (χ2n) is 13.1. The average molecular weight is 521 g/mol. The summed E-state index contributed by atoms with van der Waals surface area (Å²) in [6, 6.07) is 20.5. The van der Waals surface area contributed by atoms with Crippen molar-refractivity contribution in [1.82, 2.24) is 9.80 Å². The fraction of sp³-hybridized carbons (Fsp3) is 0.647. The zero-order chi connectivity index (χ0) is 27.4. The molecule has 0 aliphatic carbocycles. The Labute approximate surface area is 232 Å². The molecular weight excluding hydrogens is 468 g/mol. The SMILES string of the molecule is CCCC[C@@]1(C)O[C@@H](C)CN(CC(C)Cc2ccc(C(C)(C)C)cc2)C1(c1ccccc1)N1CCOCC1. The number of ether oxygens (including phenoxy) is 2. The Hall–Kier alpha value is -1.72. The van der Waals surface area contributed by atoms with Crippen molar-refractivity contribution in [2.75, 3.05) is 39.4 Å². The highest BCUT2D eigenvalue weighted by molar-refractivity contribution is 5.31. The Morgan fingerprint density at radius 3 is 2.26 bits per heavy atom. The predicted octanol–water partition coefficient (Wildman–Crippen LogP) is 7.02. The Morgan fingerprint density at radius 2 is 1.66 bits per heavy atom. The van der Waals surface area contributed by atoms with Crippen molar-refractivity contribution in [1.29, 1.82) is 0 Å². The molecule has 4 atom stereocenters. The number of hydrogen-bond donors (Lipinski definition) is 0. The van der Waals surface area contributed by atoms with Crippen LogP contribution in [0.4, 0.5) is 0 Å². The van der Waals surface area contributed by atoms with Gasteiger partial charge in [-0.2, -0.15) is 0 Å². The molecule has 2 aliphatic rings. The fourth-order valence-electron chi connectivity index (χ4n) is 7.04. The van der Waals surface area contributed by atoms with Gasteiger partial charge >= 0.3 is 0 Å². The largest absolute Gasteiger partial charge is 0.379 e. The Balaban J connectivity index is 1.71. The van der Waals surface area contributed by atoms with Gasteiger partial charge in [-0.1, -0.05) is 102 Å². The van der Waals surface area contributed by atoms with E-state index < -0.39 is 0 Å². The van der Waals surface area contributed by atoms with E-state index in [1.54, 1.807) is 0 Å². The van der Waals surface area contributed by atoms with Crippen LogP contribution in [0.1, 0.15) is 84.4 Å². The summed E-state index contributed by atoms with van der Waals surface area (Å²) in [5, 5.41) is 0. The van der Waals surface area contributed by atoms with Crippen LogP contribution in [0, 0.1) is 5.92 Å². The third-order valence-electron chi connectivity index (χ3n) is 8.72. The topological polar surface area (TPSA) is 24.9 Å². The van der Waals surface area contributed by atoms with Gasteiger partial charge in [0.1, 0.15) is 11.3 Å². The predicted molar refractivity (Wildman–Crippen MR) is 159 cm³/mol. The average Bonchev–Trinajstić information content (AvgIpc) is 2.88. The van der Waals surface area contributed by atoms with E-state index in [1.165, 1.54) is 23.1 Å². The van der Waals surface area contributed by atoms with Gasteiger partial charge in [-0.05, 0) is 54.7 Å². The van der Waals surface area contributed by atoms with Crippen molar-refractivity contribution in [3.63, 3.8) is 0 Å². The zero-order valence-corrected chi connectivity index (χ0v) is 25.1. The van der Waals surface area contributed by atoms with Gasteiger partial charge in [0.15, 0.2) is 0 Å². The van der Waals surface area contributed by atoms with E-state index in [9.17, 15) is 0 Å². The summed E-state index contributed by atoms with van der Waals surface area (Å²) in [7, 11) is 0. The lowest BCUT2D eigenvalue weighted by molar-refractivity contribution is -0.288. The molecule has 2 heterocycles. The molecule has 0 spiro atoms. The first kappa shape index (κ1) is 29.3. The molecule has 2 fully saturated rings. The van der Waals surface area contributed by atoms with Gasteiger partial charge in [0.05, 0.1) is 19.3 Å². The van der Waals surface area contributed by atoms with Gasteiger partial charge in [-0.15, -0.1) is 0 Å². The van der Waals surface area contributed by atoms with Crippen LogP contribution in [-0.4, -0.2) is 60.9 Å². The highest BCUT2D eigenvalue weighted by atomic mass is 16.5. The molecule has 0 amide bonds. The number of benzene rings is 2. The summed E-state index contributed by atoms with van der Waals surface area (Å²) in [6.45, 7) is 21.6. The van der Waals surface area contributed by atoms with Gasteiger partial charge in [0.25, 0.3) is 0 Å². The van der Waals surface area contributed by atoms with Crippen LogP contribution in [0.2, 0.25) is 0 Å². The summed E-state index contributed by atoms with van der Waals surface area (Å²) in [6.07, 6.45) is 4.64. The maximum absolute atomic E-state index is 7.05. The van der Waals surface area contributed by atoms with Crippen molar-refractivity contribution < 1.29 is 9.47 Å².